The minimum absolute atomic E-state index is 0.0666. The number of aromatic nitrogens is 2. The molecule has 0 aliphatic carbocycles. The van der Waals surface area contributed by atoms with Crippen LogP contribution in [0.3, 0.4) is 0 Å². The van der Waals surface area contributed by atoms with E-state index < -0.39 is 12.5 Å². The van der Waals surface area contributed by atoms with Gasteiger partial charge in [-0.05, 0) is 32.9 Å². The van der Waals surface area contributed by atoms with E-state index in [-0.39, 0.29) is 11.3 Å². The lowest BCUT2D eigenvalue weighted by molar-refractivity contribution is -0.0214. The molecule has 1 aromatic carbocycles. The highest BCUT2D eigenvalue weighted by Gasteiger charge is 2.42. The summed E-state index contributed by atoms with van der Waals surface area (Å²) in [5, 5.41) is 13.5. The van der Waals surface area contributed by atoms with Crippen LogP contribution in [-0.2, 0) is 12.5 Å². The van der Waals surface area contributed by atoms with E-state index in [1.54, 1.807) is 12.1 Å². The first-order chi connectivity index (χ1) is 12.3. The number of allylic oxidation sites excluding steroid dienone is 1. The third kappa shape index (κ3) is 3.31. The monoisotopic (exact) mass is 357 g/mol. The van der Waals surface area contributed by atoms with E-state index in [0.717, 1.165) is 21.7 Å². The Bertz CT molecular complexity index is 983. The maximum Gasteiger partial charge on any atom is 0.310 e. The molecular weight excluding hydrogens is 336 g/mol. The van der Waals surface area contributed by atoms with Gasteiger partial charge in [0.15, 0.2) is 12.4 Å². The molecule has 1 aromatic heterocycles. The second kappa shape index (κ2) is 6.86. The van der Waals surface area contributed by atoms with Crippen LogP contribution in [0.25, 0.3) is 12.2 Å². The van der Waals surface area contributed by atoms with Gasteiger partial charge < -0.3 is 10.1 Å². The summed E-state index contributed by atoms with van der Waals surface area (Å²) in [6, 6.07) is 4.79. The van der Waals surface area contributed by atoms with Crippen molar-refractivity contribution in [1.29, 1.82) is 0 Å². The molecule has 0 bridgehead atoms. The van der Waals surface area contributed by atoms with Crippen LogP contribution in [0, 0.1) is 6.92 Å². The quantitative estimate of drug-likeness (QED) is 0.914. The molecule has 0 saturated carbocycles. The number of anilines is 1. The molecule has 1 N–H and O–H groups in total. The van der Waals surface area contributed by atoms with Crippen molar-refractivity contribution >= 4 is 18.0 Å². The van der Waals surface area contributed by atoms with Crippen molar-refractivity contribution in [2.24, 2.45) is 0 Å². The van der Waals surface area contributed by atoms with E-state index in [0.29, 0.717) is 17.9 Å². The Morgan fingerprint density at radius 3 is 2.81 bits per heavy atom. The number of hydrogen-bond acceptors (Lipinski definition) is 4. The molecule has 6 heteroatoms. The highest BCUT2D eigenvalue weighted by atomic mass is 19.3. The highest BCUT2D eigenvalue weighted by molar-refractivity contribution is 5.54. The van der Waals surface area contributed by atoms with Gasteiger partial charge in [-0.2, -0.15) is 13.9 Å². The first-order valence-corrected chi connectivity index (χ1v) is 8.37. The Kier molecular flexibility index (Phi) is 4.76. The minimum Gasteiger partial charge on any atom is -0.486 e. The van der Waals surface area contributed by atoms with Crippen LogP contribution < -0.4 is 20.5 Å². The lowest BCUT2D eigenvalue weighted by Crippen LogP contribution is -2.33. The topological polar surface area (TPSA) is 47.0 Å². The molecule has 136 valence electrons. The van der Waals surface area contributed by atoms with Crippen LogP contribution in [0.4, 0.5) is 14.6 Å². The third-order valence-electron chi connectivity index (χ3n) is 4.25. The van der Waals surface area contributed by atoms with Crippen LogP contribution in [0.2, 0.25) is 0 Å². The fraction of sp³-hybridized carbons (Fsp3) is 0.300. The van der Waals surface area contributed by atoms with E-state index >= 15 is 0 Å². The lowest BCUT2D eigenvalue weighted by atomic mass is 10.1. The van der Waals surface area contributed by atoms with Crippen molar-refractivity contribution in [3.8, 4) is 5.75 Å². The zero-order chi connectivity index (χ0) is 18.9. The van der Waals surface area contributed by atoms with Crippen molar-refractivity contribution in [2.75, 3.05) is 11.9 Å². The molecule has 1 aliphatic rings. The van der Waals surface area contributed by atoms with E-state index in [1.807, 2.05) is 32.9 Å². The average molecular weight is 357 g/mol. The first kappa shape index (κ1) is 18.0. The smallest absolute Gasteiger partial charge is 0.310 e. The largest absolute Gasteiger partial charge is 0.486 e. The van der Waals surface area contributed by atoms with Gasteiger partial charge in [-0.15, -0.1) is 5.10 Å². The standard InChI is InChI=1S/C20H21F2N3O/c1-5-15-13(4)24-25-19(16(15)9-12(2)3)23-10-14-7-6-8-17-18(14)26-11-20(17,21)22/h5-9H,2,10-11H2,1,3-4H3,(H,23,25)/b15-5-,16-9+. The molecule has 0 atom stereocenters. The molecule has 3 rings (SSSR count). The Balaban J connectivity index is 1.98. The first-order valence-electron chi connectivity index (χ1n) is 8.37. The zero-order valence-electron chi connectivity index (χ0n) is 15.1. The molecule has 2 aromatic rings. The van der Waals surface area contributed by atoms with Gasteiger partial charge in [-0.3, -0.25) is 0 Å². The van der Waals surface area contributed by atoms with Crippen molar-refractivity contribution in [3.63, 3.8) is 0 Å². The van der Waals surface area contributed by atoms with Crippen molar-refractivity contribution in [1.82, 2.24) is 10.2 Å². The van der Waals surface area contributed by atoms with Gasteiger partial charge in [-0.25, -0.2) is 0 Å². The molecule has 4 nitrogen and oxygen atoms in total. The minimum atomic E-state index is -2.95. The number of benzene rings is 1. The Morgan fingerprint density at radius 1 is 1.35 bits per heavy atom. The summed E-state index contributed by atoms with van der Waals surface area (Å²) in [4.78, 5) is 0. The molecule has 0 saturated heterocycles. The molecule has 0 amide bonds. The summed E-state index contributed by atoms with van der Waals surface area (Å²) < 4.78 is 32.9. The SMILES string of the molecule is C=C(C)/C=c1/c(NCc2cccc3c2OCC3(F)F)nnc(C)/c1=C/C. The van der Waals surface area contributed by atoms with Gasteiger partial charge in [0.1, 0.15) is 5.75 Å². The van der Waals surface area contributed by atoms with Crippen molar-refractivity contribution in [3.05, 3.63) is 57.6 Å². The maximum absolute atomic E-state index is 13.8. The molecule has 2 heterocycles. The summed E-state index contributed by atoms with van der Waals surface area (Å²) in [6.45, 7) is 9.34. The van der Waals surface area contributed by atoms with Gasteiger partial charge in [0, 0.05) is 22.5 Å². The van der Waals surface area contributed by atoms with Crippen molar-refractivity contribution < 1.29 is 13.5 Å². The fourth-order valence-corrected chi connectivity index (χ4v) is 3.04. The predicted molar refractivity (Wildman–Crippen MR) is 98.6 cm³/mol. The second-order valence-electron chi connectivity index (χ2n) is 6.38. The zero-order valence-corrected chi connectivity index (χ0v) is 15.1. The molecule has 0 unspecified atom stereocenters. The molecular formula is C20H21F2N3O. The lowest BCUT2D eigenvalue weighted by Gasteiger charge is -2.11. The highest BCUT2D eigenvalue weighted by Crippen LogP contribution is 2.43. The summed E-state index contributed by atoms with van der Waals surface area (Å²) >= 11 is 0. The molecule has 0 radical (unpaired) electrons. The number of para-hydroxylation sites is 1. The number of aryl methyl sites for hydroxylation is 1. The molecule has 0 fully saturated rings. The Morgan fingerprint density at radius 2 is 2.12 bits per heavy atom. The van der Waals surface area contributed by atoms with E-state index in [9.17, 15) is 8.78 Å². The number of alkyl halides is 2. The summed E-state index contributed by atoms with van der Waals surface area (Å²) in [7, 11) is 0. The Hall–Kier alpha value is -2.76. The average Bonchev–Trinajstić information content (AvgIpc) is 2.90. The molecule has 26 heavy (non-hydrogen) atoms. The normalized spacial score (nSPS) is 16.3. The summed E-state index contributed by atoms with van der Waals surface area (Å²) in [5.74, 6) is -2.12. The van der Waals surface area contributed by atoms with Crippen LogP contribution in [0.5, 0.6) is 5.75 Å². The number of hydrogen-bond donors (Lipinski definition) is 1. The number of nitrogens with zero attached hydrogens (tertiary/aromatic N) is 2. The van der Waals surface area contributed by atoms with Gasteiger partial charge >= 0.3 is 5.92 Å². The van der Waals surface area contributed by atoms with Crippen LogP contribution in [0.1, 0.15) is 30.7 Å². The maximum atomic E-state index is 13.8. The van der Waals surface area contributed by atoms with Gasteiger partial charge in [0.25, 0.3) is 0 Å². The van der Waals surface area contributed by atoms with Crippen LogP contribution in [0.15, 0.2) is 30.4 Å². The second-order valence-corrected chi connectivity index (χ2v) is 6.38. The number of fused-ring (bicyclic) bond motifs is 1. The fourth-order valence-electron chi connectivity index (χ4n) is 3.04. The van der Waals surface area contributed by atoms with E-state index in [4.69, 9.17) is 4.74 Å². The molecule has 0 spiro atoms. The summed E-state index contributed by atoms with van der Waals surface area (Å²) in [5.41, 5.74) is 2.29. The summed E-state index contributed by atoms with van der Waals surface area (Å²) in [6.07, 6.45) is 3.90. The number of halogens is 2. The Labute approximate surface area is 150 Å². The van der Waals surface area contributed by atoms with E-state index in [1.165, 1.54) is 6.07 Å². The van der Waals surface area contributed by atoms with E-state index in [2.05, 4.69) is 22.1 Å². The van der Waals surface area contributed by atoms with Gasteiger partial charge in [-0.1, -0.05) is 30.4 Å². The number of nitrogens with one attached hydrogen (secondary N) is 1. The van der Waals surface area contributed by atoms with Crippen LogP contribution in [-0.4, -0.2) is 16.8 Å². The predicted octanol–water partition coefficient (Wildman–Crippen LogP) is 3.04. The molecule has 1 aliphatic heterocycles. The van der Waals surface area contributed by atoms with Crippen LogP contribution >= 0.6 is 0 Å². The van der Waals surface area contributed by atoms with Gasteiger partial charge in [0.05, 0.1) is 11.3 Å². The van der Waals surface area contributed by atoms with Crippen molar-refractivity contribution in [2.45, 2.75) is 33.2 Å². The number of rotatable bonds is 4. The third-order valence-corrected chi connectivity index (χ3v) is 4.25. The van der Waals surface area contributed by atoms with Gasteiger partial charge in [0.2, 0.25) is 0 Å². The number of ether oxygens (including phenoxy) is 1.